The Morgan fingerprint density at radius 1 is 1.29 bits per heavy atom. The second kappa shape index (κ2) is 7.73. The van der Waals surface area contributed by atoms with Crippen molar-refractivity contribution in [2.24, 2.45) is 0 Å². The number of hydrogen-bond donors (Lipinski definition) is 1. The molecule has 6 heteroatoms. The molecule has 0 bridgehead atoms. The van der Waals surface area contributed by atoms with Gasteiger partial charge in [0.15, 0.2) is 0 Å². The molecule has 2 unspecified atom stereocenters. The van der Waals surface area contributed by atoms with Crippen LogP contribution < -0.4 is 5.32 Å². The molecule has 1 N–H and O–H groups in total. The third-order valence-corrected chi connectivity index (χ3v) is 3.55. The monoisotopic (exact) mass is 293 g/mol. The molecule has 0 spiro atoms. The van der Waals surface area contributed by atoms with E-state index in [0.717, 1.165) is 0 Å². The van der Waals surface area contributed by atoms with Crippen LogP contribution in [0.15, 0.2) is 24.3 Å². The SMILES string of the molecule is CCN(CC)C(=O)C(C)NC(C)c1ccccc1[N+](=O)[O-]. The maximum absolute atomic E-state index is 12.2. The first-order valence-corrected chi connectivity index (χ1v) is 7.20. The molecule has 0 aliphatic carbocycles. The number of carbonyl (C=O) groups excluding carboxylic acids is 1. The number of nitro groups is 1. The molecule has 0 heterocycles. The molecule has 0 radical (unpaired) electrons. The summed E-state index contributed by atoms with van der Waals surface area (Å²) in [7, 11) is 0. The lowest BCUT2D eigenvalue weighted by Crippen LogP contribution is -2.45. The Hall–Kier alpha value is -1.95. The van der Waals surface area contributed by atoms with E-state index in [2.05, 4.69) is 5.32 Å². The number of carbonyl (C=O) groups is 1. The summed E-state index contributed by atoms with van der Waals surface area (Å²) in [5, 5.41) is 14.2. The largest absolute Gasteiger partial charge is 0.342 e. The second-order valence-electron chi connectivity index (χ2n) is 4.94. The quantitative estimate of drug-likeness (QED) is 0.619. The van der Waals surface area contributed by atoms with Gasteiger partial charge in [0.2, 0.25) is 5.91 Å². The van der Waals surface area contributed by atoms with E-state index in [1.54, 1.807) is 30.0 Å². The Morgan fingerprint density at radius 3 is 2.38 bits per heavy atom. The van der Waals surface area contributed by atoms with Crippen molar-refractivity contribution in [3.63, 3.8) is 0 Å². The van der Waals surface area contributed by atoms with Crippen molar-refractivity contribution in [3.05, 3.63) is 39.9 Å². The highest BCUT2D eigenvalue weighted by Gasteiger charge is 2.23. The van der Waals surface area contributed by atoms with Gasteiger partial charge in [-0.05, 0) is 27.7 Å². The molecule has 0 aliphatic rings. The van der Waals surface area contributed by atoms with Crippen molar-refractivity contribution in [1.29, 1.82) is 0 Å². The lowest BCUT2D eigenvalue weighted by atomic mass is 10.1. The summed E-state index contributed by atoms with van der Waals surface area (Å²) >= 11 is 0. The number of nitrogens with zero attached hydrogens (tertiary/aromatic N) is 2. The van der Waals surface area contributed by atoms with Gasteiger partial charge < -0.3 is 4.90 Å². The minimum atomic E-state index is -0.398. The van der Waals surface area contributed by atoms with E-state index in [1.807, 2.05) is 20.8 Å². The van der Waals surface area contributed by atoms with Crippen LogP contribution >= 0.6 is 0 Å². The maximum atomic E-state index is 12.2. The zero-order valence-corrected chi connectivity index (χ0v) is 13.0. The first-order valence-electron chi connectivity index (χ1n) is 7.20. The van der Waals surface area contributed by atoms with Crippen molar-refractivity contribution < 1.29 is 9.72 Å². The molecule has 1 aromatic rings. The van der Waals surface area contributed by atoms with Crippen molar-refractivity contribution in [2.75, 3.05) is 13.1 Å². The molecule has 1 amide bonds. The van der Waals surface area contributed by atoms with E-state index in [0.29, 0.717) is 18.7 Å². The standard InChI is InChI=1S/C15H23N3O3/c1-5-17(6-2)15(19)12(4)16-11(3)13-9-7-8-10-14(13)18(20)21/h7-12,16H,5-6H2,1-4H3. The normalized spacial score (nSPS) is 13.5. The lowest BCUT2D eigenvalue weighted by Gasteiger charge is -2.26. The van der Waals surface area contributed by atoms with Crippen molar-refractivity contribution in [2.45, 2.75) is 39.8 Å². The molecule has 0 aromatic heterocycles. The fraction of sp³-hybridized carbons (Fsp3) is 0.533. The summed E-state index contributed by atoms with van der Waals surface area (Å²) in [6, 6.07) is 5.92. The van der Waals surface area contributed by atoms with Gasteiger partial charge >= 0.3 is 0 Å². The van der Waals surface area contributed by atoms with Gasteiger partial charge in [-0.1, -0.05) is 18.2 Å². The molecule has 2 atom stereocenters. The van der Waals surface area contributed by atoms with Gasteiger partial charge in [-0.2, -0.15) is 0 Å². The third kappa shape index (κ3) is 4.26. The summed E-state index contributed by atoms with van der Waals surface area (Å²) in [6.45, 7) is 8.78. The highest BCUT2D eigenvalue weighted by molar-refractivity contribution is 5.81. The average molecular weight is 293 g/mol. The Labute approximate surface area is 125 Å². The molecule has 0 saturated carbocycles. The van der Waals surface area contributed by atoms with E-state index in [9.17, 15) is 14.9 Å². The van der Waals surface area contributed by atoms with Gasteiger partial charge in [-0.15, -0.1) is 0 Å². The molecule has 1 aromatic carbocycles. The summed E-state index contributed by atoms with van der Waals surface area (Å²) in [4.78, 5) is 24.6. The molecule has 6 nitrogen and oxygen atoms in total. The van der Waals surface area contributed by atoms with E-state index in [4.69, 9.17) is 0 Å². The van der Waals surface area contributed by atoms with Crippen LogP contribution in [0.3, 0.4) is 0 Å². The van der Waals surface area contributed by atoms with Crippen LogP contribution in [-0.2, 0) is 4.79 Å². The van der Waals surface area contributed by atoms with Gasteiger partial charge in [-0.25, -0.2) is 0 Å². The maximum Gasteiger partial charge on any atom is 0.274 e. The topological polar surface area (TPSA) is 75.5 Å². The molecule has 116 valence electrons. The zero-order chi connectivity index (χ0) is 16.0. The molecule has 0 aliphatic heterocycles. The number of benzene rings is 1. The third-order valence-electron chi connectivity index (χ3n) is 3.55. The number of likely N-dealkylation sites (N-methyl/N-ethyl adjacent to an activating group) is 1. The van der Waals surface area contributed by atoms with Crippen molar-refractivity contribution in [3.8, 4) is 0 Å². The summed E-state index contributed by atoms with van der Waals surface area (Å²) < 4.78 is 0. The molecule has 0 fully saturated rings. The number of rotatable bonds is 7. The molecule has 0 saturated heterocycles. The fourth-order valence-electron chi connectivity index (χ4n) is 2.37. The highest BCUT2D eigenvalue weighted by atomic mass is 16.6. The summed E-state index contributed by atoms with van der Waals surface area (Å²) in [6.07, 6.45) is 0. The first kappa shape index (κ1) is 17.1. The number of para-hydroxylation sites is 1. The number of nitrogens with one attached hydrogen (secondary N) is 1. The van der Waals surface area contributed by atoms with Crippen molar-refractivity contribution >= 4 is 11.6 Å². The van der Waals surface area contributed by atoms with Crippen LogP contribution in [0.5, 0.6) is 0 Å². The fourth-order valence-corrected chi connectivity index (χ4v) is 2.37. The van der Waals surface area contributed by atoms with Gasteiger partial charge in [0.05, 0.1) is 11.0 Å². The van der Waals surface area contributed by atoms with Crippen LogP contribution in [0.2, 0.25) is 0 Å². The number of nitro benzene ring substituents is 1. The number of amides is 1. The van der Waals surface area contributed by atoms with Crippen LogP contribution in [0, 0.1) is 10.1 Å². The number of hydrogen-bond acceptors (Lipinski definition) is 4. The first-order chi connectivity index (χ1) is 9.92. The predicted octanol–water partition coefficient (Wildman–Crippen LogP) is 2.50. The smallest absolute Gasteiger partial charge is 0.274 e. The summed E-state index contributed by atoms with van der Waals surface area (Å²) in [5.41, 5.74) is 0.654. The van der Waals surface area contributed by atoms with Crippen LogP contribution in [-0.4, -0.2) is 34.9 Å². The Bertz CT molecular complexity index is 501. The zero-order valence-electron chi connectivity index (χ0n) is 13.0. The van der Waals surface area contributed by atoms with E-state index < -0.39 is 4.92 Å². The molecule has 21 heavy (non-hydrogen) atoms. The van der Waals surface area contributed by atoms with Crippen molar-refractivity contribution in [1.82, 2.24) is 10.2 Å². The highest BCUT2D eigenvalue weighted by Crippen LogP contribution is 2.24. The van der Waals surface area contributed by atoms with Crippen LogP contribution in [0.25, 0.3) is 0 Å². The minimum absolute atomic E-state index is 0.00503. The average Bonchev–Trinajstić information content (AvgIpc) is 2.48. The van der Waals surface area contributed by atoms with Gasteiger partial charge in [0.1, 0.15) is 0 Å². The molecular weight excluding hydrogens is 270 g/mol. The summed E-state index contributed by atoms with van der Waals surface area (Å²) in [5.74, 6) is 0.00503. The van der Waals surface area contributed by atoms with Gasteiger partial charge in [-0.3, -0.25) is 20.2 Å². The van der Waals surface area contributed by atoms with Crippen LogP contribution in [0.1, 0.15) is 39.3 Å². The van der Waals surface area contributed by atoms with Crippen LogP contribution in [0.4, 0.5) is 5.69 Å². The van der Waals surface area contributed by atoms with E-state index in [-0.39, 0.29) is 23.7 Å². The van der Waals surface area contributed by atoms with E-state index >= 15 is 0 Å². The van der Waals surface area contributed by atoms with E-state index in [1.165, 1.54) is 6.07 Å². The Kier molecular flexibility index (Phi) is 6.30. The minimum Gasteiger partial charge on any atom is -0.342 e. The predicted molar refractivity (Wildman–Crippen MR) is 82.0 cm³/mol. The second-order valence-corrected chi connectivity index (χ2v) is 4.94. The lowest BCUT2D eigenvalue weighted by molar-refractivity contribution is -0.385. The Morgan fingerprint density at radius 2 is 1.86 bits per heavy atom. The molecular formula is C15H23N3O3. The Balaban J connectivity index is 2.84. The van der Waals surface area contributed by atoms with Gasteiger partial charge in [0, 0.05) is 30.8 Å². The molecule has 1 rings (SSSR count). The van der Waals surface area contributed by atoms with Gasteiger partial charge in [0.25, 0.3) is 5.69 Å².